The third-order valence-corrected chi connectivity index (χ3v) is 4.74. The Morgan fingerprint density at radius 1 is 1.33 bits per heavy atom. The molecule has 2 fully saturated rings. The molecule has 4 heteroatoms. The number of hydrogen-bond donors (Lipinski definition) is 1. The molecule has 2 atom stereocenters. The van der Waals surface area contributed by atoms with Crippen molar-refractivity contribution in [2.45, 2.75) is 63.6 Å². The predicted molar refractivity (Wildman–Crippen MR) is 82.6 cm³/mol. The number of nitrogens with zero attached hydrogens (tertiary/aromatic N) is 2. The standard InChI is InChI=1S/C17H26FN3/c1-2-17(16-9-6-13(18)11-20-16)21(15-7-8-15)12-14-5-3-4-10-19-14/h6,9,11,14-15,17,19H,2-5,7-8,10,12H2,1H3. The lowest BCUT2D eigenvalue weighted by Crippen LogP contribution is -2.45. The van der Waals surface area contributed by atoms with E-state index in [1.807, 2.05) is 6.07 Å². The summed E-state index contributed by atoms with van der Waals surface area (Å²) in [6.45, 7) is 4.45. The molecular weight excluding hydrogens is 265 g/mol. The maximum atomic E-state index is 13.1. The highest BCUT2D eigenvalue weighted by Crippen LogP contribution is 2.36. The first kappa shape index (κ1) is 14.9. The number of hydrogen-bond acceptors (Lipinski definition) is 3. The van der Waals surface area contributed by atoms with Gasteiger partial charge in [0.1, 0.15) is 5.82 Å². The third kappa shape index (κ3) is 3.80. The molecule has 2 heterocycles. The minimum Gasteiger partial charge on any atom is -0.313 e. The second-order valence-electron chi connectivity index (χ2n) is 6.40. The van der Waals surface area contributed by atoms with Gasteiger partial charge in [-0.15, -0.1) is 0 Å². The molecule has 0 amide bonds. The van der Waals surface area contributed by atoms with Crippen molar-refractivity contribution < 1.29 is 4.39 Å². The van der Waals surface area contributed by atoms with Crippen LogP contribution in [-0.4, -0.2) is 35.1 Å². The fraction of sp³-hybridized carbons (Fsp3) is 0.706. The molecule has 1 aromatic rings. The van der Waals surface area contributed by atoms with E-state index in [4.69, 9.17) is 0 Å². The monoisotopic (exact) mass is 291 g/mol. The number of pyridine rings is 1. The highest BCUT2D eigenvalue weighted by atomic mass is 19.1. The summed E-state index contributed by atoms with van der Waals surface area (Å²) < 4.78 is 13.1. The molecule has 1 saturated carbocycles. The fourth-order valence-corrected chi connectivity index (χ4v) is 3.47. The highest BCUT2D eigenvalue weighted by molar-refractivity contribution is 5.11. The minimum atomic E-state index is -0.250. The average Bonchev–Trinajstić information content (AvgIpc) is 3.34. The van der Waals surface area contributed by atoms with Gasteiger partial charge in [0.15, 0.2) is 0 Å². The summed E-state index contributed by atoms with van der Waals surface area (Å²) in [6.07, 6.45) is 8.88. The molecule has 2 unspecified atom stereocenters. The van der Waals surface area contributed by atoms with E-state index in [0.29, 0.717) is 18.1 Å². The van der Waals surface area contributed by atoms with E-state index < -0.39 is 0 Å². The second kappa shape index (κ2) is 6.84. The normalized spacial score (nSPS) is 24.2. The summed E-state index contributed by atoms with van der Waals surface area (Å²) in [5.74, 6) is -0.250. The molecule has 1 N–H and O–H groups in total. The zero-order valence-corrected chi connectivity index (χ0v) is 12.9. The summed E-state index contributed by atoms with van der Waals surface area (Å²) in [5, 5.41) is 3.65. The number of aromatic nitrogens is 1. The lowest BCUT2D eigenvalue weighted by molar-refractivity contribution is 0.149. The Hall–Kier alpha value is -1.00. The summed E-state index contributed by atoms with van der Waals surface area (Å²) >= 11 is 0. The Bertz CT molecular complexity index is 438. The second-order valence-corrected chi connectivity index (χ2v) is 6.40. The molecule has 21 heavy (non-hydrogen) atoms. The van der Waals surface area contributed by atoms with Gasteiger partial charge in [0.05, 0.1) is 17.9 Å². The van der Waals surface area contributed by atoms with Crippen LogP contribution in [0.1, 0.15) is 57.2 Å². The Balaban J connectivity index is 1.72. The summed E-state index contributed by atoms with van der Waals surface area (Å²) in [7, 11) is 0. The van der Waals surface area contributed by atoms with Gasteiger partial charge in [-0.25, -0.2) is 4.39 Å². The highest BCUT2D eigenvalue weighted by Gasteiger charge is 2.35. The predicted octanol–water partition coefficient (Wildman–Crippen LogP) is 3.28. The number of halogens is 1. The van der Waals surface area contributed by atoms with Gasteiger partial charge < -0.3 is 5.32 Å². The van der Waals surface area contributed by atoms with E-state index in [-0.39, 0.29) is 5.82 Å². The van der Waals surface area contributed by atoms with Crippen LogP contribution in [0.2, 0.25) is 0 Å². The smallest absolute Gasteiger partial charge is 0.141 e. The van der Waals surface area contributed by atoms with Gasteiger partial charge in [0.2, 0.25) is 0 Å². The zero-order chi connectivity index (χ0) is 14.7. The quantitative estimate of drug-likeness (QED) is 0.872. The minimum absolute atomic E-state index is 0.250. The maximum Gasteiger partial charge on any atom is 0.141 e. The van der Waals surface area contributed by atoms with Gasteiger partial charge in [-0.1, -0.05) is 13.3 Å². The van der Waals surface area contributed by atoms with Crippen LogP contribution in [0.4, 0.5) is 4.39 Å². The molecule has 1 aromatic heterocycles. The van der Waals surface area contributed by atoms with Crippen molar-refractivity contribution in [3.63, 3.8) is 0 Å². The van der Waals surface area contributed by atoms with Gasteiger partial charge in [0, 0.05) is 18.6 Å². The van der Waals surface area contributed by atoms with Crippen molar-refractivity contribution in [3.05, 3.63) is 29.8 Å². The van der Waals surface area contributed by atoms with E-state index in [9.17, 15) is 4.39 Å². The van der Waals surface area contributed by atoms with Crippen LogP contribution in [0.25, 0.3) is 0 Å². The molecule has 2 aliphatic rings. The van der Waals surface area contributed by atoms with Crippen LogP contribution in [0.5, 0.6) is 0 Å². The molecule has 1 saturated heterocycles. The van der Waals surface area contributed by atoms with Crippen molar-refractivity contribution >= 4 is 0 Å². The topological polar surface area (TPSA) is 28.2 Å². The van der Waals surface area contributed by atoms with E-state index in [1.165, 1.54) is 44.4 Å². The van der Waals surface area contributed by atoms with Gasteiger partial charge in [-0.2, -0.15) is 0 Å². The van der Waals surface area contributed by atoms with Crippen molar-refractivity contribution in [3.8, 4) is 0 Å². The number of rotatable bonds is 6. The third-order valence-electron chi connectivity index (χ3n) is 4.74. The van der Waals surface area contributed by atoms with Crippen molar-refractivity contribution in [1.82, 2.24) is 15.2 Å². The summed E-state index contributed by atoms with van der Waals surface area (Å²) in [4.78, 5) is 6.95. The number of nitrogens with one attached hydrogen (secondary N) is 1. The average molecular weight is 291 g/mol. The van der Waals surface area contributed by atoms with E-state index in [0.717, 1.165) is 25.2 Å². The van der Waals surface area contributed by atoms with Gasteiger partial charge >= 0.3 is 0 Å². The Morgan fingerprint density at radius 3 is 2.76 bits per heavy atom. The molecule has 0 bridgehead atoms. The molecular formula is C17H26FN3. The van der Waals surface area contributed by atoms with E-state index in [1.54, 1.807) is 0 Å². The van der Waals surface area contributed by atoms with E-state index in [2.05, 4.69) is 22.1 Å². The molecule has 0 radical (unpaired) electrons. The Morgan fingerprint density at radius 2 is 2.19 bits per heavy atom. The van der Waals surface area contributed by atoms with Gasteiger partial charge in [-0.3, -0.25) is 9.88 Å². The fourth-order valence-electron chi connectivity index (χ4n) is 3.47. The van der Waals surface area contributed by atoms with Crippen molar-refractivity contribution in [2.75, 3.05) is 13.1 Å². The zero-order valence-electron chi connectivity index (χ0n) is 12.9. The van der Waals surface area contributed by atoms with Gasteiger partial charge in [-0.05, 0) is 50.8 Å². The van der Waals surface area contributed by atoms with Crippen molar-refractivity contribution in [1.29, 1.82) is 0 Å². The lowest BCUT2D eigenvalue weighted by Gasteiger charge is -2.35. The van der Waals surface area contributed by atoms with Crippen LogP contribution in [0, 0.1) is 5.82 Å². The SMILES string of the molecule is CCC(c1ccc(F)cn1)N(CC1CCCCN1)C1CC1. The largest absolute Gasteiger partial charge is 0.313 e. The van der Waals surface area contributed by atoms with Crippen LogP contribution < -0.4 is 5.32 Å². The van der Waals surface area contributed by atoms with Crippen LogP contribution in [-0.2, 0) is 0 Å². The molecule has 0 spiro atoms. The first-order valence-corrected chi connectivity index (χ1v) is 8.38. The van der Waals surface area contributed by atoms with Crippen LogP contribution >= 0.6 is 0 Å². The van der Waals surface area contributed by atoms with Crippen molar-refractivity contribution in [2.24, 2.45) is 0 Å². The first-order valence-electron chi connectivity index (χ1n) is 8.38. The molecule has 3 nitrogen and oxygen atoms in total. The molecule has 0 aromatic carbocycles. The lowest BCUT2D eigenvalue weighted by atomic mass is 10.0. The molecule has 1 aliphatic heterocycles. The number of piperidine rings is 1. The van der Waals surface area contributed by atoms with Crippen LogP contribution in [0.3, 0.4) is 0 Å². The molecule has 1 aliphatic carbocycles. The van der Waals surface area contributed by atoms with Crippen LogP contribution in [0.15, 0.2) is 18.3 Å². The Labute approximate surface area is 126 Å². The Kier molecular flexibility index (Phi) is 4.86. The molecule has 3 rings (SSSR count). The maximum absolute atomic E-state index is 13.1. The van der Waals surface area contributed by atoms with Gasteiger partial charge in [0.25, 0.3) is 0 Å². The first-order chi connectivity index (χ1) is 10.3. The summed E-state index contributed by atoms with van der Waals surface area (Å²) in [6, 6.07) is 5.02. The van der Waals surface area contributed by atoms with E-state index >= 15 is 0 Å². The molecule has 116 valence electrons. The summed E-state index contributed by atoms with van der Waals surface area (Å²) in [5.41, 5.74) is 1.02.